The van der Waals surface area contributed by atoms with Gasteiger partial charge in [-0.2, -0.15) is 4.39 Å². The number of nitro benzene ring substituents is 1. The second-order valence-electron chi connectivity index (χ2n) is 7.14. The van der Waals surface area contributed by atoms with Gasteiger partial charge >= 0.3 is 1070 Å². The molecule has 0 aliphatic heterocycles. The molecule has 2 aromatic carbocycles. The van der Waals surface area contributed by atoms with E-state index in [9.17, 15) is 19.3 Å². The van der Waals surface area contributed by atoms with Crippen molar-refractivity contribution < 1.29 is 71.7 Å². The van der Waals surface area contributed by atoms with Crippen LogP contribution < -0.4 is 56.7 Å². The average molecular weight is 1730 g/mol. The Bertz CT molecular complexity index is 1450. The SMILES string of the molecule is COC(=O)c1ccc2c(-c3ccnc(Nc4cc([N+](=O)[O-])c(F)cc4C)n3)cn(C)c2c1.[H-].[K+].[K][K].[K][K].[K][K].[K][K].[K][K].[K][K].[K][K].[K][K].[K][K].[K][K].[K][K].[K][K].[K][K].[K][K].[K][K].[K][K]. The molecule has 2 heterocycles. The van der Waals surface area contributed by atoms with Crippen molar-refractivity contribution in [3.63, 3.8) is 0 Å². The zero-order valence-electron chi connectivity index (χ0n) is 51.4. The number of methoxy groups -OCH3 is 1. The van der Waals surface area contributed by atoms with Gasteiger partial charge < -0.3 is 16.0 Å². The van der Waals surface area contributed by atoms with Gasteiger partial charge in [0.25, 0.3) is 0 Å². The molecule has 0 saturated carbocycles. The molecule has 0 spiro atoms. The van der Waals surface area contributed by atoms with Crippen molar-refractivity contribution in [3.8, 4) is 11.3 Å². The minimum absolute atomic E-state index is 0. The fraction of sp³-hybridized carbons (Fsp3) is 0.136. The third kappa shape index (κ3) is 101. The van der Waals surface area contributed by atoms with E-state index in [4.69, 9.17) is 4.74 Å². The second kappa shape index (κ2) is 142. The standard InChI is InChI=1S/C22H18FN5O4.33K.H/c1-12-8-16(23)20(28(30)31)10-18(12)26-22-24-7-6-17(25-22)15-11-27(2)19-9-13(21(29)32-3)4-5-14(15)19;;;;;;;;;;;;;;;;;;;;;;;;;;;;;;;;;;/h4-11H,1-3H3,(H,24,25,26);;;;;;;;;;;;;;;;;;;;;;;;;;;;;;;;;;/q;;;;;;;;;;;;;;;;;;;;;;;;;;;;;;;;;+1;-1. The summed E-state index contributed by atoms with van der Waals surface area (Å²) in [6.45, 7) is 1.63. The summed E-state index contributed by atoms with van der Waals surface area (Å²) in [6, 6.07) is 9.18. The summed E-state index contributed by atoms with van der Waals surface area (Å²) >= 11 is 40.0. The van der Waals surface area contributed by atoms with Crippen LogP contribution in [0.3, 0.4) is 0 Å². The van der Waals surface area contributed by atoms with E-state index in [-0.39, 0.29) is 58.8 Å². The van der Waals surface area contributed by atoms with Gasteiger partial charge in [0.1, 0.15) is 0 Å². The normalized spacial score (nSPS) is 7.32. The number of nitro groups is 1. The number of benzene rings is 2. The van der Waals surface area contributed by atoms with Crippen molar-refractivity contribution >= 4 is 1040 Å². The molecule has 2 aromatic heterocycles. The third-order valence-corrected chi connectivity index (χ3v) is 5.08. The molecule has 0 amide bonds. The number of aryl methyl sites for hydroxylation is 2. The number of carbonyl (C=O) groups is 1. The monoisotopic (exact) mass is 1720 g/mol. The molecule has 65 heavy (non-hydrogen) atoms. The average Bonchev–Trinajstić information content (AvgIpc) is 3.76. The fourth-order valence-electron chi connectivity index (χ4n) is 3.46. The number of anilines is 2. The van der Waals surface area contributed by atoms with Gasteiger partial charge in [0.15, 0.2) is 0 Å². The Morgan fingerprint density at radius 3 is 1.42 bits per heavy atom. The first-order valence-electron chi connectivity index (χ1n) is 25.5. The number of esters is 1. The Kier molecular flexibility index (Phi) is 320. The molecule has 0 atom stereocenters. The second-order valence-corrected chi connectivity index (χ2v) is 7.14. The quantitative estimate of drug-likeness (QED) is 0.0917. The van der Waals surface area contributed by atoms with Crippen LogP contribution in [0.15, 0.2) is 48.8 Å². The number of carbonyl (C=O) groups excluding carboxylic acids is 1. The minimum atomic E-state index is -0.908. The van der Waals surface area contributed by atoms with E-state index >= 15 is 0 Å². The molecular weight excluding hydrogens is 1710 g/mol. The van der Waals surface area contributed by atoms with Gasteiger partial charge in [-0.15, -0.1) is 0 Å². The van der Waals surface area contributed by atoms with Gasteiger partial charge in [0.2, 0.25) is 11.8 Å². The maximum absolute atomic E-state index is 13.8. The first kappa shape index (κ1) is 146. The van der Waals surface area contributed by atoms with Crippen LogP contribution in [0.2, 0.25) is 0 Å². The summed E-state index contributed by atoms with van der Waals surface area (Å²) in [5.74, 6) is -1.13. The first-order valence-corrected chi connectivity index (χ1v) is 282. The van der Waals surface area contributed by atoms with Gasteiger partial charge in [0, 0.05) is 42.0 Å². The number of nitrogens with one attached hydrogen (secondary N) is 1. The molecule has 43 heteroatoms. The van der Waals surface area contributed by atoms with Crippen molar-refractivity contribution in [2.24, 2.45) is 7.05 Å². The molecule has 0 unspecified atom stereocenters. The summed E-state index contributed by atoms with van der Waals surface area (Å²) in [4.78, 5) is 30.8. The molecule has 4 rings (SSSR count). The van der Waals surface area contributed by atoms with E-state index in [1.165, 1.54) is 1020 Å². The zero-order valence-corrected chi connectivity index (χ0v) is 153. The van der Waals surface area contributed by atoms with E-state index in [0.717, 1.165) is 28.6 Å². The molecule has 0 bridgehead atoms. The van der Waals surface area contributed by atoms with Crippen molar-refractivity contribution in [3.05, 3.63) is 75.9 Å². The number of nitrogens with zero attached hydrogens (tertiary/aromatic N) is 4. The molecule has 0 fully saturated rings. The molecule has 0 radical (unpaired) electrons. The van der Waals surface area contributed by atoms with Crippen LogP contribution in [-0.4, -0.2) is 1040 Å². The van der Waals surface area contributed by atoms with Crippen LogP contribution in [0.25, 0.3) is 22.2 Å². The Labute approximate surface area is 1160 Å². The predicted molar refractivity (Wildman–Crippen MR) is 302 cm³/mol. The van der Waals surface area contributed by atoms with Crippen LogP contribution in [-0.2, 0) is 11.8 Å². The number of rotatable bonds is 5. The van der Waals surface area contributed by atoms with Crippen LogP contribution in [0, 0.1) is 22.9 Å². The van der Waals surface area contributed by atoms with Gasteiger partial charge in [-0.3, -0.25) is 10.1 Å². The summed E-state index contributed by atoms with van der Waals surface area (Å²) in [5, 5.41) is 14.9. The predicted octanol–water partition coefficient (Wildman–Crippen LogP) is -10.5. The Morgan fingerprint density at radius 2 is 1.06 bits per heavy atom. The molecular formula is C22H19FK33N5O4. The van der Waals surface area contributed by atoms with Gasteiger partial charge in [-0.1, -0.05) is 6.07 Å². The molecule has 0 aliphatic carbocycles. The molecule has 1 N–H and O–H groups in total. The maximum atomic E-state index is 13.8. The summed E-state index contributed by atoms with van der Waals surface area (Å²) in [6.07, 6.45) is 3.44. The first-order chi connectivity index (χ1) is 31.3. The molecule has 0 aliphatic rings. The number of hydrogen-bond donors (Lipinski definition) is 1. The van der Waals surface area contributed by atoms with Gasteiger partial charge in [-0.05, 0) is 36.8 Å². The van der Waals surface area contributed by atoms with Crippen LogP contribution >= 0.6 is 0 Å². The fourth-order valence-corrected chi connectivity index (χ4v) is 3.46. The molecule has 4 aromatic rings. The van der Waals surface area contributed by atoms with Gasteiger partial charge in [-0.25, -0.2) is 14.8 Å². The summed E-state index contributed by atoms with van der Waals surface area (Å²) < 4.78 is 20.5. The third-order valence-electron chi connectivity index (χ3n) is 5.08. The van der Waals surface area contributed by atoms with E-state index in [0.29, 0.717) is 22.5 Å². The number of aromatic nitrogens is 3. The van der Waals surface area contributed by atoms with Crippen LogP contribution in [0.1, 0.15) is 17.3 Å². The Hall–Kier alpha value is 49.7. The van der Waals surface area contributed by atoms with E-state index in [1.54, 1.807) is 31.3 Å². The zero-order chi connectivity index (χ0) is 55.0. The van der Waals surface area contributed by atoms with Crippen molar-refractivity contribution in [2.75, 3.05) is 12.4 Å². The number of fused-ring (bicyclic) bond motifs is 1. The molecule has 196 valence electrons. The van der Waals surface area contributed by atoms with E-state index in [1.807, 2.05) is 23.9 Å². The molecule has 9 nitrogen and oxygen atoms in total. The van der Waals surface area contributed by atoms with Crippen molar-refractivity contribution in [2.45, 2.75) is 6.92 Å². The van der Waals surface area contributed by atoms with Crippen molar-refractivity contribution in [1.29, 1.82) is 0 Å². The summed E-state index contributed by atoms with van der Waals surface area (Å²) in [5.41, 5.74) is 2.84. The Balaban J connectivity index is -0.0000000502. The number of ether oxygens (including phenoxy) is 1. The summed E-state index contributed by atoms with van der Waals surface area (Å²) in [7, 11) is 3.18. The number of hydrogen-bond acceptors (Lipinski definition) is 7. The van der Waals surface area contributed by atoms with Crippen LogP contribution in [0.5, 0.6) is 0 Å². The molecule has 0 saturated heterocycles. The number of halogens is 1. The Morgan fingerprint density at radius 1 is 0.677 bits per heavy atom. The van der Waals surface area contributed by atoms with Crippen LogP contribution in [0.4, 0.5) is 21.7 Å². The van der Waals surface area contributed by atoms with E-state index < -0.39 is 22.4 Å². The van der Waals surface area contributed by atoms with E-state index in [2.05, 4.69) is 15.3 Å². The topological polar surface area (TPSA) is 112 Å². The van der Waals surface area contributed by atoms with Gasteiger partial charge in [0.05, 0.1) is 29.0 Å². The van der Waals surface area contributed by atoms with Crippen molar-refractivity contribution in [1.82, 2.24) is 14.5 Å².